The van der Waals surface area contributed by atoms with Crippen LogP contribution in [0, 0.1) is 0 Å². The van der Waals surface area contributed by atoms with E-state index in [1.807, 2.05) is 67.6 Å². The first kappa shape index (κ1) is 19.8. The summed E-state index contributed by atoms with van der Waals surface area (Å²) in [6.07, 6.45) is 1.52. The topological polar surface area (TPSA) is 41.5 Å². The quantitative estimate of drug-likeness (QED) is 0.570. The van der Waals surface area contributed by atoms with E-state index in [9.17, 15) is 4.79 Å². The Morgan fingerprint density at radius 2 is 1.53 bits per heavy atom. The zero-order valence-electron chi connectivity index (χ0n) is 17.4. The number of carbonyl (C=O) groups is 1. The monoisotopic (exact) mass is 394 g/mol. The molecule has 0 fully saturated rings. The molecule has 1 unspecified atom stereocenters. The van der Waals surface area contributed by atoms with Crippen molar-refractivity contribution in [1.82, 2.24) is 5.32 Å². The Bertz CT molecular complexity index is 1080. The van der Waals surface area contributed by atoms with Crippen LogP contribution in [-0.4, -0.2) is 11.6 Å². The Kier molecular flexibility index (Phi) is 5.89. The molecule has 0 radical (unpaired) electrons. The van der Waals surface area contributed by atoms with Crippen molar-refractivity contribution >= 4 is 17.3 Å². The lowest BCUT2D eigenvalue weighted by Crippen LogP contribution is -2.28. The lowest BCUT2D eigenvalue weighted by molar-refractivity contribution is -0.118. The first-order chi connectivity index (χ1) is 14.7. The maximum absolute atomic E-state index is 13.3. The Hall–Kier alpha value is -3.46. The molecule has 4 rings (SSSR count). The molecule has 1 atom stereocenters. The fourth-order valence-electron chi connectivity index (χ4n) is 3.72. The highest BCUT2D eigenvalue weighted by Gasteiger charge is 2.26. The van der Waals surface area contributed by atoms with Crippen molar-refractivity contribution < 1.29 is 4.79 Å². The summed E-state index contributed by atoms with van der Waals surface area (Å²) in [6.45, 7) is 4.15. The third kappa shape index (κ3) is 4.25. The van der Waals surface area contributed by atoms with Gasteiger partial charge >= 0.3 is 0 Å². The first-order valence-corrected chi connectivity index (χ1v) is 10.5. The van der Waals surface area contributed by atoms with Crippen molar-refractivity contribution in [2.24, 2.45) is 4.99 Å². The van der Waals surface area contributed by atoms with Crippen LogP contribution < -0.4 is 5.32 Å². The minimum absolute atomic E-state index is 0.0596. The van der Waals surface area contributed by atoms with Crippen LogP contribution in [0.3, 0.4) is 0 Å². The summed E-state index contributed by atoms with van der Waals surface area (Å²) in [6, 6.07) is 28.4. The van der Waals surface area contributed by atoms with Crippen LogP contribution in [0.4, 0.5) is 0 Å². The summed E-state index contributed by atoms with van der Waals surface area (Å²) in [7, 11) is 0. The van der Waals surface area contributed by atoms with Crippen molar-refractivity contribution in [2.75, 3.05) is 0 Å². The number of aryl methyl sites for hydroxylation is 1. The molecule has 1 N–H and O–H groups in total. The first-order valence-electron chi connectivity index (χ1n) is 10.5. The van der Waals surface area contributed by atoms with Crippen molar-refractivity contribution in [1.29, 1.82) is 0 Å². The van der Waals surface area contributed by atoms with Gasteiger partial charge < -0.3 is 5.32 Å². The second kappa shape index (κ2) is 8.91. The van der Waals surface area contributed by atoms with Crippen molar-refractivity contribution in [3.63, 3.8) is 0 Å². The van der Waals surface area contributed by atoms with E-state index < -0.39 is 0 Å². The van der Waals surface area contributed by atoms with E-state index in [4.69, 9.17) is 4.99 Å². The van der Waals surface area contributed by atoms with E-state index in [0.717, 1.165) is 40.1 Å². The highest BCUT2D eigenvalue weighted by Crippen LogP contribution is 2.32. The van der Waals surface area contributed by atoms with Crippen LogP contribution in [0.15, 0.2) is 95.5 Å². The Morgan fingerprint density at radius 1 is 0.900 bits per heavy atom. The zero-order valence-corrected chi connectivity index (χ0v) is 17.4. The summed E-state index contributed by atoms with van der Waals surface area (Å²) >= 11 is 0. The van der Waals surface area contributed by atoms with Crippen molar-refractivity contribution in [2.45, 2.75) is 32.7 Å². The molecule has 1 aliphatic rings. The molecule has 0 saturated carbocycles. The van der Waals surface area contributed by atoms with Gasteiger partial charge in [0, 0.05) is 17.6 Å². The van der Waals surface area contributed by atoms with E-state index in [1.165, 1.54) is 5.56 Å². The van der Waals surface area contributed by atoms with Gasteiger partial charge in [-0.15, -0.1) is 0 Å². The van der Waals surface area contributed by atoms with E-state index in [-0.39, 0.29) is 11.9 Å². The molecule has 3 heteroatoms. The fraction of sp³-hybridized carbons (Fsp3) is 0.185. The molecule has 150 valence electrons. The largest absolute Gasteiger partial charge is 0.346 e. The van der Waals surface area contributed by atoms with Crippen LogP contribution in [0.1, 0.15) is 48.6 Å². The number of rotatable bonds is 6. The van der Waals surface area contributed by atoms with E-state index >= 15 is 0 Å². The van der Waals surface area contributed by atoms with Gasteiger partial charge in [0.05, 0.1) is 17.5 Å². The molecule has 0 aromatic heterocycles. The molecule has 3 nitrogen and oxygen atoms in total. The Balaban J connectivity index is 1.65. The summed E-state index contributed by atoms with van der Waals surface area (Å²) < 4.78 is 0. The molecule has 0 bridgehead atoms. The number of benzene rings is 3. The molecule has 3 aromatic rings. The van der Waals surface area contributed by atoms with Crippen LogP contribution in [-0.2, 0) is 11.2 Å². The number of nitrogens with zero attached hydrogens (tertiary/aromatic N) is 1. The third-order valence-electron chi connectivity index (χ3n) is 5.54. The summed E-state index contributed by atoms with van der Waals surface area (Å²) in [5, 5.41) is 3.16. The van der Waals surface area contributed by atoms with E-state index in [1.54, 1.807) is 0 Å². The second-order valence-electron chi connectivity index (χ2n) is 7.58. The fourth-order valence-corrected chi connectivity index (χ4v) is 3.72. The minimum atomic E-state index is -0.0734. The minimum Gasteiger partial charge on any atom is -0.346 e. The summed E-state index contributed by atoms with van der Waals surface area (Å²) in [4.78, 5) is 18.2. The van der Waals surface area contributed by atoms with E-state index in [0.29, 0.717) is 6.42 Å². The third-order valence-corrected chi connectivity index (χ3v) is 5.54. The number of hydrogen-bond donors (Lipinski definition) is 1. The lowest BCUT2D eigenvalue weighted by Gasteiger charge is -2.15. The van der Waals surface area contributed by atoms with Gasteiger partial charge in [-0.05, 0) is 30.0 Å². The average molecular weight is 395 g/mol. The van der Waals surface area contributed by atoms with Gasteiger partial charge in [0.2, 0.25) is 5.91 Å². The Morgan fingerprint density at radius 3 is 2.17 bits per heavy atom. The molecule has 30 heavy (non-hydrogen) atoms. The van der Waals surface area contributed by atoms with Gasteiger partial charge in [-0.1, -0.05) is 91.9 Å². The van der Waals surface area contributed by atoms with Crippen LogP contribution in [0.25, 0.3) is 5.70 Å². The Labute approximate surface area is 178 Å². The van der Waals surface area contributed by atoms with Gasteiger partial charge in [-0.3, -0.25) is 9.79 Å². The van der Waals surface area contributed by atoms with Gasteiger partial charge in [-0.2, -0.15) is 0 Å². The van der Waals surface area contributed by atoms with Gasteiger partial charge in [0.1, 0.15) is 0 Å². The van der Waals surface area contributed by atoms with Gasteiger partial charge in [0.15, 0.2) is 0 Å². The number of aliphatic imine (C=N–C) groups is 1. The molecule has 0 spiro atoms. The van der Waals surface area contributed by atoms with E-state index in [2.05, 4.69) is 36.5 Å². The number of nitrogens with one attached hydrogen (secondary N) is 1. The van der Waals surface area contributed by atoms with Crippen LogP contribution in [0.5, 0.6) is 0 Å². The maximum atomic E-state index is 13.3. The van der Waals surface area contributed by atoms with Crippen LogP contribution in [0.2, 0.25) is 0 Å². The SMILES string of the molecule is CCc1ccc(C2=C(C(=O)NC(C)c3ccccc3)CC(c3ccccc3)=N2)cc1. The average Bonchev–Trinajstić information content (AvgIpc) is 3.26. The van der Waals surface area contributed by atoms with Crippen molar-refractivity contribution in [3.8, 4) is 0 Å². The molecule has 0 saturated heterocycles. The molecule has 0 aliphatic carbocycles. The number of hydrogen-bond acceptors (Lipinski definition) is 2. The van der Waals surface area contributed by atoms with Crippen molar-refractivity contribution in [3.05, 3.63) is 113 Å². The smallest absolute Gasteiger partial charge is 0.250 e. The predicted molar refractivity (Wildman–Crippen MR) is 123 cm³/mol. The number of amides is 1. The maximum Gasteiger partial charge on any atom is 0.250 e. The molecule has 3 aromatic carbocycles. The number of carbonyl (C=O) groups excluding carboxylic acids is 1. The highest BCUT2D eigenvalue weighted by atomic mass is 16.1. The van der Waals surface area contributed by atoms with Gasteiger partial charge in [0.25, 0.3) is 0 Å². The second-order valence-corrected chi connectivity index (χ2v) is 7.58. The van der Waals surface area contributed by atoms with Crippen LogP contribution >= 0.6 is 0 Å². The lowest BCUT2D eigenvalue weighted by atomic mass is 10.00. The molecule has 1 amide bonds. The molecular weight excluding hydrogens is 368 g/mol. The molecule has 1 aliphatic heterocycles. The zero-order chi connectivity index (χ0) is 20.9. The summed E-state index contributed by atoms with van der Waals surface area (Å²) in [5.41, 5.74) is 6.82. The summed E-state index contributed by atoms with van der Waals surface area (Å²) in [5.74, 6) is -0.0596. The molecule has 1 heterocycles. The normalized spacial score (nSPS) is 14.4. The van der Waals surface area contributed by atoms with Gasteiger partial charge in [-0.25, -0.2) is 0 Å². The molecular formula is C27H26N2O. The highest BCUT2D eigenvalue weighted by molar-refractivity contribution is 6.16. The standard InChI is InChI=1S/C27H26N2O/c1-3-20-14-16-23(17-15-20)26-24(18-25(29-26)22-12-8-5-9-13-22)27(30)28-19(2)21-10-6-4-7-11-21/h4-17,19H,3,18H2,1-2H3,(H,28,30). The predicted octanol–water partition coefficient (Wildman–Crippen LogP) is 5.73.